The third-order valence-electron chi connectivity index (χ3n) is 3.21. The van der Waals surface area contributed by atoms with Crippen LogP contribution < -0.4 is 0 Å². The molecule has 0 aliphatic heterocycles. The molecular weight excluding hydrogens is 343 g/mol. The maximum atomic E-state index is 10.8. The molecule has 0 spiro atoms. The van der Waals surface area contributed by atoms with Crippen molar-refractivity contribution in [3.05, 3.63) is 0 Å². The number of unbranched alkanes of at least 4 members (excludes halogenated alkanes) is 6. The van der Waals surface area contributed by atoms with E-state index in [1.165, 1.54) is 24.5 Å². The zero-order valence-electron chi connectivity index (χ0n) is 12.4. The summed E-state index contributed by atoms with van der Waals surface area (Å²) in [6.07, 6.45) is 7.22. The van der Waals surface area contributed by atoms with Crippen molar-refractivity contribution in [1.29, 1.82) is 0 Å². The summed E-state index contributed by atoms with van der Waals surface area (Å²) in [6, 6.07) is 0. The third kappa shape index (κ3) is 10.7. The fourth-order valence-electron chi connectivity index (χ4n) is 2.04. The van der Waals surface area contributed by atoms with Crippen LogP contribution in [-0.2, 0) is 14.9 Å². The van der Waals surface area contributed by atoms with Crippen LogP contribution in [-0.4, -0.2) is 43.9 Å². The second-order valence-corrected chi connectivity index (χ2v) is 12.5. The quantitative estimate of drug-likeness (QED) is 0.313. The van der Waals surface area contributed by atoms with E-state index in [-0.39, 0.29) is 6.42 Å². The monoisotopic (exact) mass is 370 g/mol. The van der Waals surface area contributed by atoms with Crippen LogP contribution in [0.15, 0.2) is 0 Å². The van der Waals surface area contributed by atoms with Crippen LogP contribution in [0.2, 0.25) is 16.6 Å². The van der Waals surface area contributed by atoms with Crippen LogP contribution in [0.5, 0.6) is 0 Å². The molecule has 0 aromatic rings. The van der Waals surface area contributed by atoms with Gasteiger partial charge in [-0.2, -0.15) is 0 Å². The molecule has 0 aromatic carbocycles. The van der Waals surface area contributed by atoms with E-state index in [1.807, 2.05) is 0 Å². The van der Waals surface area contributed by atoms with Crippen LogP contribution in [0, 0.1) is 0 Å². The number of hydrogen-bond acceptors (Lipinski definition) is 3. The number of rotatable bonds is 12. The van der Waals surface area contributed by atoms with Crippen molar-refractivity contribution >= 4 is 30.7 Å². The molecule has 1 unspecified atom stereocenters. The van der Waals surface area contributed by atoms with Gasteiger partial charge in [0.05, 0.1) is 0 Å². The van der Waals surface area contributed by atoms with Crippen molar-refractivity contribution in [3.8, 4) is 0 Å². The van der Waals surface area contributed by atoms with E-state index < -0.39 is 36.0 Å². The Bertz CT molecular complexity index is 367. The van der Waals surface area contributed by atoms with Gasteiger partial charge >= 0.3 is 127 Å². The standard InChI is InChI=1S/C13H27AsO5S/c1-14(2)11-9-7-5-3-4-6-8-10-12(13(15)16)20(17,18)19/h12H,3-11H2,1-2H3,(H,15,16)(H,17,18,19). The summed E-state index contributed by atoms with van der Waals surface area (Å²) in [6.45, 7) is 0. The van der Waals surface area contributed by atoms with Crippen molar-refractivity contribution in [2.75, 3.05) is 0 Å². The third-order valence-corrected chi connectivity index (χ3v) is 6.90. The molecule has 0 aromatic heterocycles. The second-order valence-electron chi connectivity index (χ2n) is 5.41. The molecule has 7 heteroatoms. The Balaban J connectivity index is 3.59. The number of carbonyl (C=O) groups is 1. The summed E-state index contributed by atoms with van der Waals surface area (Å²) in [4.78, 5) is 10.7. The molecule has 0 fully saturated rings. The molecule has 5 nitrogen and oxygen atoms in total. The van der Waals surface area contributed by atoms with Gasteiger partial charge in [-0.1, -0.05) is 0 Å². The van der Waals surface area contributed by atoms with Gasteiger partial charge in [0.25, 0.3) is 0 Å². The zero-order chi connectivity index (χ0) is 15.6. The van der Waals surface area contributed by atoms with Crippen LogP contribution in [0.4, 0.5) is 0 Å². The first kappa shape index (κ1) is 19.9. The van der Waals surface area contributed by atoms with Crippen LogP contribution in [0.1, 0.15) is 51.4 Å². The van der Waals surface area contributed by atoms with Crippen molar-refractivity contribution < 1.29 is 22.9 Å². The Labute approximate surface area is 127 Å². The molecule has 0 heterocycles. The number of hydrogen-bond donors (Lipinski definition) is 2. The Kier molecular flexibility index (Phi) is 10.6. The summed E-state index contributed by atoms with van der Waals surface area (Å²) in [5.41, 5.74) is 4.72. The van der Waals surface area contributed by atoms with E-state index in [4.69, 9.17) is 9.66 Å². The molecule has 1 atom stereocenters. The van der Waals surface area contributed by atoms with E-state index in [2.05, 4.69) is 11.4 Å². The molecule has 0 aliphatic rings. The van der Waals surface area contributed by atoms with Gasteiger partial charge in [0, 0.05) is 0 Å². The van der Waals surface area contributed by atoms with E-state index in [1.54, 1.807) is 0 Å². The molecule has 0 rings (SSSR count). The molecule has 0 saturated heterocycles. The first-order valence-corrected chi connectivity index (χ1v) is 13.7. The van der Waals surface area contributed by atoms with Gasteiger partial charge in [-0.05, 0) is 0 Å². The van der Waals surface area contributed by atoms with Gasteiger partial charge < -0.3 is 0 Å². The minimum atomic E-state index is -4.47. The predicted octanol–water partition coefficient (Wildman–Crippen LogP) is 3.20. The van der Waals surface area contributed by atoms with Crippen molar-refractivity contribution in [3.63, 3.8) is 0 Å². The molecule has 0 bridgehead atoms. The van der Waals surface area contributed by atoms with E-state index in [0.717, 1.165) is 19.3 Å². The number of carboxylic acid groups (broad SMARTS) is 1. The van der Waals surface area contributed by atoms with Crippen LogP contribution in [0.25, 0.3) is 0 Å². The van der Waals surface area contributed by atoms with E-state index in [9.17, 15) is 13.2 Å². The van der Waals surface area contributed by atoms with Gasteiger partial charge in [0.2, 0.25) is 0 Å². The normalized spacial score (nSPS) is 13.6. The first-order chi connectivity index (χ1) is 9.25. The molecule has 0 aliphatic carbocycles. The summed E-state index contributed by atoms with van der Waals surface area (Å²) in [5, 5.41) is 8.45. The van der Waals surface area contributed by atoms with Crippen molar-refractivity contribution in [2.24, 2.45) is 0 Å². The van der Waals surface area contributed by atoms with Crippen molar-refractivity contribution in [2.45, 2.75) is 73.2 Å². The van der Waals surface area contributed by atoms with Gasteiger partial charge in [0.15, 0.2) is 0 Å². The SMILES string of the molecule is C[As](C)CCCCCCCCCC(C(=O)O)S(=O)(=O)O. The van der Waals surface area contributed by atoms with Gasteiger partial charge in [-0.3, -0.25) is 0 Å². The van der Waals surface area contributed by atoms with Gasteiger partial charge in [-0.25, -0.2) is 0 Å². The summed E-state index contributed by atoms with van der Waals surface area (Å²) >= 11 is -0.473. The molecule has 0 saturated carbocycles. The first-order valence-electron chi connectivity index (χ1n) is 7.09. The van der Waals surface area contributed by atoms with Gasteiger partial charge in [0.1, 0.15) is 0 Å². The van der Waals surface area contributed by atoms with E-state index >= 15 is 0 Å². The Hall–Kier alpha value is -0.0616. The number of carboxylic acids is 1. The fourth-order valence-corrected chi connectivity index (χ4v) is 4.56. The molecular formula is C13H27AsO5S. The Morgan fingerprint density at radius 3 is 1.85 bits per heavy atom. The average Bonchev–Trinajstić information content (AvgIpc) is 2.28. The Morgan fingerprint density at radius 2 is 1.45 bits per heavy atom. The zero-order valence-corrected chi connectivity index (χ0v) is 15.1. The second kappa shape index (κ2) is 10.6. The fraction of sp³-hybridized carbons (Fsp3) is 0.923. The van der Waals surface area contributed by atoms with Crippen LogP contribution in [0.3, 0.4) is 0 Å². The maximum absolute atomic E-state index is 10.8. The molecule has 20 heavy (non-hydrogen) atoms. The molecule has 0 amide bonds. The average molecular weight is 370 g/mol. The van der Waals surface area contributed by atoms with Gasteiger partial charge in [-0.15, -0.1) is 0 Å². The predicted molar refractivity (Wildman–Crippen MR) is 82.2 cm³/mol. The topological polar surface area (TPSA) is 91.7 Å². The number of aliphatic carboxylic acids is 1. The summed E-state index contributed by atoms with van der Waals surface area (Å²) < 4.78 is 30.5. The molecule has 120 valence electrons. The minimum absolute atomic E-state index is 0.00655. The summed E-state index contributed by atoms with van der Waals surface area (Å²) in [7, 11) is -4.47. The van der Waals surface area contributed by atoms with Crippen molar-refractivity contribution in [1.82, 2.24) is 0 Å². The molecule has 0 radical (unpaired) electrons. The van der Waals surface area contributed by atoms with E-state index in [0.29, 0.717) is 6.42 Å². The Morgan fingerprint density at radius 1 is 1.00 bits per heavy atom. The molecule has 2 N–H and O–H groups in total. The summed E-state index contributed by atoms with van der Waals surface area (Å²) in [5.74, 6) is -1.47. The van der Waals surface area contributed by atoms with Crippen LogP contribution >= 0.6 is 0 Å².